The Balaban J connectivity index is 1.48. The molecule has 1 aliphatic heterocycles. The summed E-state index contributed by atoms with van der Waals surface area (Å²) in [6, 6.07) is 7.89. The van der Waals surface area contributed by atoms with Crippen molar-refractivity contribution in [2.24, 2.45) is 0 Å². The maximum absolute atomic E-state index is 12.9. The molecule has 0 fully saturated rings. The number of rotatable bonds is 4. The second kappa shape index (κ2) is 7.04. The minimum absolute atomic E-state index is 0.179. The van der Waals surface area contributed by atoms with Gasteiger partial charge in [-0.25, -0.2) is 14.8 Å². The highest BCUT2D eigenvalue weighted by atomic mass is 19.1. The molecule has 0 radical (unpaired) electrons. The van der Waals surface area contributed by atoms with Gasteiger partial charge in [-0.2, -0.15) is 4.39 Å². The molecule has 2 amide bonds. The van der Waals surface area contributed by atoms with Crippen LogP contribution < -0.4 is 16.0 Å². The molecular weight excluding hydrogens is 297 g/mol. The number of pyridine rings is 2. The molecule has 0 unspecified atom stereocenters. The molecule has 6 nitrogen and oxygen atoms in total. The van der Waals surface area contributed by atoms with Crippen LogP contribution in [0, 0.1) is 5.95 Å². The number of hydrogen-bond donors (Lipinski definition) is 3. The fourth-order valence-electron chi connectivity index (χ4n) is 2.45. The van der Waals surface area contributed by atoms with Gasteiger partial charge in [0.15, 0.2) is 0 Å². The number of amides is 2. The SMILES string of the molecule is O=C(NCCc1ccc2c(n1)NCCC2)Nc1cccc(F)n1. The van der Waals surface area contributed by atoms with Crippen LogP contribution in [-0.4, -0.2) is 29.1 Å². The Morgan fingerprint density at radius 2 is 2.17 bits per heavy atom. The van der Waals surface area contributed by atoms with Crippen molar-refractivity contribution in [3.8, 4) is 0 Å². The van der Waals surface area contributed by atoms with Crippen molar-refractivity contribution in [3.63, 3.8) is 0 Å². The first-order valence-corrected chi connectivity index (χ1v) is 7.61. The number of hydrogen-bond acceptors (Lipinski definition) is 4. The van der Waals surface area contributed by atoms with E-state index in [9.17, 15) is 9.18 Å². The van der Waals surface area contributed by atoms with E-state index in [0.717, 1.165) is 30.9 Å². The highest BCUT2D eigenvalue weighted by Gasteiger charge is 2.10. The van der Waals surface area contributed by atoms with Crippen molar-refractivity contribution >= 4 is 17.7 Å². The summed E-state index contributed by atoms with van der Waals surface area (Å²) in [6.45, 7) is 1.39. The van der Waals surface area contributed by atoms with Crippen LogP contribution in [0.4, 0.5) is 20.8 Å². The zero-order valence-electron chi connectivity index (χ0n) is 12.6. The molecule has 7 heteroatoms. The fraction of sp³-hybridized carbons (Fsp3) is 0.312. The number of carbonyl (C=O) groups is 1. The summed E-state index contributed by atoms with van der Waals surface area (Å²) in [5, 5.41) is 8.48. The Bertz CT molecular complexity index is 707. The van der Waals surface area contributed by atoms with E-state index < -0.39 is 12.0 Å². The summed E-state index contributed by atoms with van der Waals surface area (Å²) in [4.78, 5) is 19.9. The largest absolute Gasteiger partial charge is 0.370 e. The Morgan fingerprint density at radius 1 is 1.26 bits per heavy atom. The molecule has 3 N–H and O–H groups in total. The van der Waals surface area contributed by atoms with Crippen LogP contribution in [-0.2, 0) is 12.8 Å². The third-order valence-electron chi connectivity index (χ3n) is 3.58. The van der Waals surface area contributed by atoms with E-state index in [2.05, 4.69) is 32.0 Å². The molecule has 0 aliphatic carbocycles. The van der Waals surface area contributed by atoms with Gasteiger partial charge in [-0.15, -0.1) is 0 Å². The third-order valence-corrected chi connectivity index (χ3v) is 3.58. The van der Waals surface area contributed by atoms with E-state index in [1.807, 2.05) is 6.07 Å². The fourth-order valence-corrected chi connectivity index (χ4v) is 2.45. The lowest BCUT2D eigenvalue weighted by Crippen LogP contribution is -2.31. The molecular formula is C16H18FN5O. The van der Waals surface area contributed by atoms with E-state index in [4.69, 9.17) is 0 Å². The number of urea groups is 1. The smallest absolute Gasteiger partial charge is 0.320 e. The first-order valence-electron chi connectivity index (χ1n) is 7.61. The van der Waals surface area contributed by atoms with Gasteiger partial charge in [0, 0.05) is 25.2 Å². The van der Waals surface area contributed by atoms with Crippen molar-refractivity contribution in [3.05, 3.63) is 47.5 Å². The lowest BCUT2D eigenvalue weighted by atomic mass is 10.1. The number of carbonyl (C=O) groups excluding carboxylic acids is 1. The van der Waals surface area contributed by atoms with Crippen LogP contribution in [0.5, 0.6) is 0 Å². The van der Waals surface area contributed by atoms with E-state index in [1.54, 1.807) is 0 Å². The minimum atomic E-state index is -0.631. The third kappa shape index (κ3) is 4.15. The highest BCUT2D eigenvalue weighted by molar-refractivity contribution is 5.88. The lowest BCUT2D eigenvalue weighted by Gasteiger charge is -2.17. The molecule has 2 aromatic rings. The predicted molar refractivity (Wildman–Crippen MR) is 86.0 cm³/mol. The van der Waals surface area contributed by atoms with Gasteiger partial charge in [-0.05, 0) is 36.6 Å². The molecule has 3 heterocycles. The van der Waals surface area contributed by atoms with Gasteiger partial charge in [-0.3, -0.25) is 5.32 Å². The first-order chi connectivity index (χ1) is 11.2. The van der Waals surface area contributed by atoms with Crippen LogP contribution in [0.25, 0.3) is 0 Å². The molecule has 0 saturated heterocycles. The molecule has 3 rings (SSSR count). The predicted octanol–water partition coefficient (Wildman–Crippen LogP) is 2.34. The quantitative estimate of drug-likeness (QED) is 0.757. The molecule has 0 spiro atoms. The number of anilines is 2. The number of nitrogens with zero attached hydrogens (tertiary/aromatic N) is 2. The van der Waals surface area contributed by atoms with Gasteiger partial charge >= 0.3 is 6.03 Å². The number of aromatic nitrogens is 2. The monoisotopic (exact) mass is 315 g/mol. The van der Waals surface area contributed by atoms with E-state index in [-0.39, 0.29) is 5.82 Å². The Hall–Kier alpha value is -2.70. The van der Waals surface area contributed by atoms with E-state index >= 15 is 0 Å². The van der Waals surface area contributed by atoms with Gasteiger partial charge in [0.2, 0.25) is 5.95 Å². The van der Waals surface area contributed by atoms with Gasteiger partial charge in [0.05, 0.1) is 0 Å². The van der Waals surface area contributed by atoms with Crippen LogP contribution in [0.2, 0.25) is 0 Å². The van der Waals surface area contributed by atoms with Crippen molar-refractivity contribution in [1.82, 2.24) is 15.3 Å². The second-order valence-electron chi connectivity index (χ2n) is 5.32. The van der Waals surface area contributed by atoms with Crippen LogP contribution in [0.15, 0.2) is 30.3 Å². The summed E-state index contributed by atoms with van der Waals surface area (Å²) in [6.07, 6.45) is 2.81. The van der Waals surface area contributed by atoms with Crippen molar-refractivity contribution < 1.29 is 9.18 Å². The number of fused-ring (bicyclic) bond motifs is 1. The van der Waals surface area contributed by atoms with Crippen molar-refractivity contribution in [1.29, 1.82) is 0 Å². The molecule has 0 bridgehead atoms. The zero-order valence-corrected chi connectivity index (χ0v) is 12.6. The van der Waals surface area contributed by atoms with Gasteiger partial charge in [0.1, 0.15) is 11.6 Å². The molecule has 0 aromatic carbocycles. The molecule has 23 heavy (non-hydrogen) atoms. The average molecular weight is 315 g/mol. The van der Waals surface area contributed by atoms with Crippen molar-refractivity contribution in [2.45, 2.75) is 19.3 Å². The maximum Gasteiger partial charge on any atom is 0.320 e. The molecule has 0 saturated carbocycles. The molecule has 2 aromatic heterocycles. The van der Waals surface area contributed by atoms with Gasteiger partial charge in [-0.1, -0.05) is 12.1 Å². The Morgan fingerprint density at radius 3 is 3.04 bits per heavy atom. The summed E-state index contributed by atoms with van der Waals surface area (Å²) in [5.41, 5.74) is 2.16. The molecule has 1 aliphatic rings. The summed E-state index contributed by atoms with van der Waals surface area (Å²) < 4.78 is 12.9. The van der Waals surface area contributed by atoms with Crippen molar-refractivity contribution in [2.75, 3.05) is 23.7 Å². The Labute approximate surface area is 133 Å². The van der Waals surface area contributed by atoms with Crippen LogP contribution in [0.3, 0.4) is 0 Å². The molecule has 0 atom stereocenters. The number of nitrogens with one attached hydrogen (secondary N) is 3. The standard InChI is InChI=1S/C16H18FN5O/c17-13-4-1-5-14(21-13)22-16(23)19-10-8-12-7-6-11-3-2-9-18-15(11)20-12/h1,4-7H,2-3,8-10H2,(H,18,20)(H2,19,21,22,23). The molecule has 120 valence electrons. The number of aryl methyl sites for hydroxylation is 1. The van der Waals surface area contributed by atoms with Gasteiger partial charge < -0.3 is 10.6 Å². The highest BCUT2D eigenvalue weighted by Crippen LogP contribution is 2.19. The lowest BCUT2D eigenvalue weighted by molar-refractivity contribution is 0.252. The summed E-state index contributed by atoms with van der Waals surface area (Å²) in [5.74, 6) is 0.495. The van der Waals surface area contributed by atoms with Crippen LogP contribution >= 0.6 is 0 Å². The van der Waals surface area contributed by atoms with E-state index in [0.29, 0.717) is 13.0 Å². The zero-order chi connectivity index (χ0) is 16.1. The number of halogens is 1. The summed E-state index contributed by atoms with van der Waals surface area (Å²) in [7, 11) is 0. The summed E-state index contributed by atoms with van der Waals surface area (Å²) >= 11 is 0. The Kier molecular flexibility index (Phi) is 4.65. The van der Waals surface area contributed by atoms with Crippen LogP contribution in [0.1, 0.15) is 17.7 Å². The van der Waals surface area contributed by atoms with E-state index in [1.165, 1.54) is 23.8 Å². The minimum Gasteiger partial charge on any atom is -0.370 e. The maximum atomic E-state index is 12.9. The first kappa shape index (κ1) is 15.2. The van der Waals surface area contributed by atoms with Gasteiger partial charge in [0.25, 0.3) is 0 Å². The average Bonchev–Trinajstić information content (AvgIpc) is 2.55. The topological polar surface area (TPSA) is 78.9 Å². The second-order valence-corrected chi connectivity index (χ2v) is 5.32. The normalized spacial score (nSPS) is 12.9.